The summed E-state index contributed by atoms with van der Waals surface area (Å²) in [5.74, 6) is -0.923. The molecule has 0 radical (unpaired) electrons. The lowest BCUT2D eigenvalue weighted by atomic mass is 9.75. The second kappa shape index (κ2) is 5.64. The van der Waals surface area contributed by atoms with E-state index in [4.69, 9.17) is 9.47 Å². The van der Waals surface area contributed by atoms with E-state index in [9.17, 15) is 9.59 Å². The van der Waals surface area contributed by atoms with Crippen molar-refractivity contribution in [3.63, 3.8) is 0 Å². The number of hydrogen-bond donors (Lipinski definition) is 1. The molecule has 2 fully saturated rings. The number of nitrogens with one attached hydrogen (secondary N) is 1. The summed E-state index contributed by atoms with van der Waals surface area (Å²) in [4.78, 5) is 24.7. The number of carbonyl (C=O) groups excluding carboxylic acids is 2. The number of rotatable bonds is 2. The zero-order chi connectivity index (χ0) is 16.7. The van der Waals surface area contributed by atoms with E-state index in [2.05, 4.69) is 5.32 Å². The van der Waals surface area contributed by atoms with E-state index in [-0.39, 0.29) is 18.3 Å². The summed E-state index contributed by atoms with van der Waals surface area (Å²) in [6.07, 6.45) is 1.24. The maximum absolute atomic E-state index is 12.8. The van der Waals surface area contributed by atoms with Crippen LogP contribution in [0.15, 0.2) is 24.3 Å². The van der Waals surface area contributed by atoms with Gasteiger partial charge in [-0.3, -0.25) is 9.59 Å². The first-order valence-electron chi connectivity index (χ1n) is 8.04. The molecule has 23 heavy (non-hydrogen) atoms. The summed E-state index contributed by atoms with van der Waals surface area (Å²) in [5.41, 5.74) is 0.626. The van der Waals surface area contributed by atoms with Crippen molar-refractivity contribution in [2.45, 2.75) is 51.2 Å². The molecule has 0 bridgehead atoms. The summed E-state index contributed by atoms with van der Waals surface area (Å²) < 4.78 is 11.4. The van der Waals surface area contributed by atoms with Crippen molar-refractivity contribution in [3.8, 4) is 0 Å². The Hall–Kier alpha value is -1.88. The maximum Gasteiger partial charge on any atom is 0.307 e. The van der Waals surface area contributed by atoms with Crippen LogP contribution in [0.3, 0.4) is 0 Å². The fraction of sp³-hybridized carbons (Fsp3) is 0.556. The Kier molecular flexibility index (Phi) is 3.92. The van der Waals surface area contributed by atoms with Crippen LogP contribution in [0, 0.1) is 12.8 Å². The number of carbonyl (C=O) groups is 2. The molecule has 1 spiro atoms. The van der Waals surface area contributed by atoms with E-state index < -0.39 is 17.1 Å². The lowest BCUT2D eigenvalue weighted by molar-refractivity contribution is -0.178. The van der Waals surface area contributed by atoms with E-state index in [1.165, 1.54) is 0 Å². The molecule has 2 saturated heterocycles. The molecule has 2 heterocycles. The second-order valence-corrected chi connectivity index (χ2v) is 7.13. The van der Waals surface area contributed by atoms with Crippen LogP contribution in [0.4, 0.5) is 5.69 Å². The summed E-state index contributed by atoms with van der Waals surface area (Å²) in [6.45, 7) is 6.38. The smallest absolute Gasteiger partial charge is 0.307 e. The number of benzene rings is 1. The third-order valence-corrected chi connectivity index (χ3v) is 4.79. The molecule has 124 valence electrons. The van der Waals surface area contributed by atoms with Gasteiger partial charge in [-0.1, -0.05) is 18.2 Å². The summed E-state index contributed by atoms with van der Waals surface area (Å²) in [5, 5.41) is 2.96. The lowest BCUT2D eigenvalue weighted by Gasteiger charge is -2.43. The molecule has 1 aromatic rings. The topological polar surface area (TPSA) is 64.6 Å². The second-order valence-electron chi connectivity index (χ2n) is 7.13. The van der Waals surface area contributed by atoms with Crippen molar-refractivity contribution in [2.75, 3.05) is 11.9 Å². The predicted octanol–water partition coefficient (Wildman–Crippen LogP) is 2.82. The van der Waals surface area contributed by atoms with Crippen LogP contribution in [0.2, 0.25) is 0 Å². The molecular weight excluding hydrogens is 294 g/mol. The lowest BCUT2D eigenvalue weighted by Crippen LogP contribution is -2.52. The van der Waals surface area contributed by atoms with Crippen LogP contribution >= 0.6 is 0 Å². The number of hydrogen-bond acceptors (Lipinski definition) is 4. The number of esters is 1. The molecule has 0 unspecified atom stereocenters. The van der Waals surface area contributed by atoms with Gasteiger partial charge in [-0.05, 0) is 32.4 Å². The van der Waals surface area contributed by atoms with E-state index >= 15 is 0 Å². The largest absolute Gasteiger partial charge is 0.458 e. The van der Waals surface area contributed by atoms with E-state index in [1.807, 2.05) is 45.0 Å². The molecule has 3 rings (SSSR count). The van der Waals surface area contributed by atoms with Crippen LogP contribution in [-0.2, 0) is 19.1 Å². The van der Waals surface area contributed by atoms with Gasteiger partial charge in [-0.2, -0.15) is 0 Å². The monoisotopic (exact) mass is 317 g/mol. The van der Waals surface area contributed by atoms with Crippen molar-refractivity contribution in [1.29, 1.82) is 0 Å². The van der Waals surface area contributed by atoms with Gasteiger partial charge in [0.25, 0.3) is 0 Å². The molecule has 5 nitrogen and oxygen atoms in total. The van der Waals surface area contributed by atoms with E-state index in [0.29, 0.717) is 19.4 Å². The molecule has 2 atom stereocenters. The van der Waals surface area contributed by atoms with Crippen LogP contribution in [-0.4, -0.2) is 29.7 Å². The number of ether oxygens (including phenoxy) is 2. The quantitative estimate of drug-likeness (QED) is 0.852. The Bertz CT molecular complexity index is 640. The van der Waals surface area contributed by atoms with Gasteiger partial charge in [-0.25, -0.2) is 0 Å². The molecule has 1 aromatic carbocycles. The van der Waals surface area contributed by atoms with Crippen molar-refractivity contribution >= 4 is 17.6 Å². The highest BCUT2D eigenvalue weighted by atomic mass is 16.6. The molecule has 0 aromatic heterocycles. The van der Waals surface area contributed by atoms with Crippen LogP contribution < -0.4 is 5.32 Å². The number of amides is 1. The average molecular weight is 317 g/mol. The van der Waals surface area contributed by atoms with Gasteiger partial charge < -0.3 is 14.8 Å². The van der Waals surface area contributed by atoms with Gasteiger partial charge in [0.2, 0.25) is 5.91 Å². The van der Waals surface area contributed by atoms with Crippen molar-refractivity contribution < 1.29 is 19.1 Å². The molecule has 2 aliphatic heterocycles. The SMILES string of the molecule is Cc1ccccc1NC(=O)[C@@H]1CC(=O)O[C@@]12CCOC(C)(C)C2. The minimum absolute atomic E-state index is 0.133. The Morgan fingerprint density at radius 1 is 1.30 bits per heavy atom. The van der Waals surface area contributed by atoms with E-state index in [1.54, 1.807) is 0 Å². The molecule has 1 N–H and O–H groups in total. The van der Waals surface area contributed by atoms with Gasteiger partial charge in [0.1, 0.15) is 5.60 Å². The van der Waals surface area contributed by atoms with Gasteiger partial charge in [-0.15, -0.1) is 0 Å². The standard InChI is InChI=1S/C18H23NO4/c1-12-6-4-5-7-14(12)19-16(21)13-10-15(20)23-18(13)8-9-22-17(2,3)11-18/h4-7,13H,8-11H2,1-3H3,(H,19,21)/t13-,18+/m0/s1. The molecule has 0 aliphatic carbocycles. The molecule has 1 amide bonds. The zero-order valence-electron chi connectivity index (χ0n) is 13.8. The fourth-order valence-corrected chi connectivity index (χ4v) is 3.70. The fourth-order valence-electron chi connectivity index (χ4n) is 3.70. The number of aryl methyl sites for hydroxylation is 1. The molecular formula is C18H23NO4. The molecule has 5 heteroatoms. The highest BCUT2D eigenvalue weighted by Gasteiger charge is 2.56. The van der Waals surface area contributed by atoms with Crippen LogP contribution in [0.25, 0.3) is 0 Å². The number of para-hydroxylation sites is 1. The summed E-state index contributed by atoms with van der Waals surface area (Å²) in [6, 6.07) is 7.62. The van der Waals surface area contributed by atoms with Crippen LogP contribution in [0.5, 0.6) is 0 Å². The Morgan fingerprint density at radius 3 is 2.74 bits per heavy atom. The van der Waals surface area contributed by atoms with Gasteiger partial charge in [0.05, 0.1) is 24.5 Å². The maximum atomic E-state index is 12.8. The first-order chi connectivity index (χ1) is 10.8. The first kappa shape index (κ1) is 16.0. The number of anilines is 1. The minimum Gasteiger partial charge on any atom is -0.458 e. The molecule has 2 aliphatic rings. The minimum atomic E-state index is -0.744. The Balaban J connectivity index is 1.83. The first-order valence-corrected chi connectivity index (χ1v) is 8.04. The zero-order valence-corrected chi connectivity index (χ0v) is 13.8. The van der Waals surface area contributed by atoms with Gasteiger partial charge >= 0.3 is 5.97 Å². The van der Waals surface area contributed by atoms with Crippen LogP contribution in [0.1, 0.15) is 38.7 Å². The van der Waals surface area contributed by atoms with Crippen molar-refractivity contribution in [3.05, 3.63) is 29.8 Å². The summed E-state index contributed by atoms with van der Waals surface area (Å²) >= 11 is 0. The third-order valence-electron chi connectivity index (χ3n) is 4.79. The Labute approximate surface area is 136 Å². The van der Waals surface area contributed by atoms with Gasteiger partial charge in [0.15, 0.2) is 0 Å². The highest BCUT2D eigenvalue weighted by molar-refractivity contribution is 5.97. The van der Waals surface area contributed by atoms with E-state index in [0.717, 1.165) is 11.3 Å². The Morgan fingerprint density at radius 2 is 2.04 bits per heavy atom. The van der Waals surface area contributed by atoms with Gasteiger partial charge in [0, 0.05) is 18.5 Å². The van der Waals surface area contributed by atoms with Crippen molar-refractivity contribution in [2.24, 2.45) is 5.92 Å². The molecule has 0 saturated carbocycles. The summed E-state index contributed by atoms with van der Waals surface area (Å²) in [7, 11) is 0. The highest BCUT2D eigenvalue weighted by Crippen LogP contribution is 2.46. The predicted molar refractivity (Wildman–Crippen MR) is 86.0 cm³/mol. The average Bonchev–Trinajstić information content (AvgIpc) is 2.76. The normalized spacial score (nSPS) is 29.3. The third kappa shape index (κ3) is 3.11. The van der Waals surface area contributed by atoms with Crippen molar-refractivity contribution in [1.82, 2.24) is 0 Å².